The van der Waals surface area contributed by atoms with Gasteiger partial charge in [-0.3, -0.25) is 4.57 Å². The molecule has 6 nitrogen and oxygen atoms in total. The first-order valence-electron chi connectivity index (χ1n) is 11.6. The molecular weight excluding hydrogens is 481 g/mol. The minimum absolute atomic E-state index is 0.243. The second-order valence-electron chi connectivity index (χ2n) is 8.01. The van der Waals surface area contributed by atoms with Gasteiger partial charge in [0, 0.05) is 28.0 Å². The molecule has 8 heteroatoms. The molecule has 0 spiro atoms. The van der Waals surface area contributed by atoms with Crippen LogP contribution in [0.25, 0.3) is 16.9 Å². The van der Waals surface area contributed by atoms with E-state index in [-0.39, 0.29) is 13.2 Å². The van der Waals surface area contributed by atoms with Crippen LogP contribution in [-0.4, -0.2) is 23.0 Å². The van der Waals surface area contributed by atoms with Crippen LogP contribution in [0.5, 0.6) is 0 Å². The molecule has 182 valence electrons. The molecule has 0 amide bonds. The first-order chi connectivity index (χ1) is 16.9. The topological polar surface area (TPSA) is 65.4 Å². The predicted octanol–water partition coefficient (Wildman–Crippen LogP) is 7.88. The average molecular weight is 510 g/mol. The summed E-state index contributed by atoms with van der Waals surface area (Å²) < 4.78 is 27.6. The van der Waals surface area contributed by atoms with E-state index in [0.29, 0.717) is 16.3 Å². The van der Waals surface area contributed by atoms with Gasteiger partial charge in [0.1, 0.15) is 0 Å². The van der Waals surface area contributed by atoms with Crippen molar-refractivity contribution in [1.29, 1.82) is 0 Å². The lowest BCUT2D eigenvalue weighted by atomic mass is 10.1. The number of hydrogen-bond acceptors (Lipinski definition) is 5. The summed E-state index contributed by atoms with van der Waals surface area (Å²) in [7, 11) is -3.65. The van der Waals surface area contributed by atoms with Gasteiger partial charge in [0.25, 0.3) is 0 Å². The molecule has 4 rings (SSSR count). The Balaban J connectivity index is 1.91. The van der Waals surface area contributed by atoms with Crippen LogP contribution >= 0.6 is 19.2 Å². The molecule has 1 N–H and O–H groups in total. The van der Waals surface area contributed by atoms with Crippen LogP contribution in [0.4, 0.5) is 5.69 Å². The van der Waals surface area contributed by atoms with E-state index in [2.05, 4.69) is 5.32 Å². The van der Waals surface area contributed by atoms with Gasteiger partial charge in [0.15, 0.2) is 5.78 Å². The highest BCUT2D eigenvalue weighted by Crippen LogP contribution is 2.62. The maximum atomic E-state index is 14.2. The lowest BCUT2D eigenvalue weighted by Crippen LogP contribution is -2.15. The van der Waals surface area contributed by atoms with Crippen LogP contribution in [0.15, 0.2) is 85.1 Å². The largest absolute Gasteiger partial charge is 0.368 e. The molecule has 1 aromatic heterocycles. The first kappa shape index (κ1) is 25.2. The van der Waals surface area contributed by atoms with E-state index in [1.807, 2.05) is 106 Å². The van der Waals surface area contributed by atoms with Gasteiger partial charge in [0.2, 0.25) is 0 Å². The van der Waals surface area contributed by atoms with E-state index in [1.54, 1.807) is 4.68 Å². The number of aryl methyl sites for hydroxylation is 1. The van der Waals surface area contributed by atoms with Crippen LogP contribution in [-0.2, 0) is 13.6 Å². The monoisotopic (exact) mass is 509 g/mol. The van der Waals surface area contributed by atoms with Gasteiger partial charge in [-0.05, 0) is 57.2 Å². The van der Waals surface area contributed by atoms with Crippen LogP contribution in [0.1, 0.15) is 30.8 Å². The molecule has 35 heavy (non-hydrogen) atoms. The minimum atomic E-state index is -3.65. The van der Waals surface area contributed by atoms with Crippen molar-refractivity contribution in [2.75, 3.05) is 18.5 Å². The Hall–Kier alpha value is -2.89. The minimum Gasteiger partial charge on any atom is -0.368 e. The fourth-order valence-electron chi connectivity index (χ4n) is 3.81. The van der Waals surface area contributed by atoms with Crippen LogP contribution in [0.2, 0.25) is 5.02 Å². The Morgan fingerprint density at radius 1 is 0.943 bits per heavy atom. The second-order valence-corrected chi connectivity index (χ2v) is 10.6. The van der Waals surface area contributed by atoms with Gasteiger partial charge in [-0.25, -0.2) is 4.68 Å². The Bertz CT molecular complexity index is 1280. The number of nitrogens with one attached hydrogen (secondary N) is 1. The van der Waals surface area contributed by atoms with Crippen LogP contribution in [0.3, 0.4) is 0 Å². The van der Waals surface area contributed by atoms with Gasteiger partial charge in [-0.1, -0.05) is 59.6 Å². The third-order valence-corrected chi connectivity index (χ3v) is 7.99. The highest BCUT2D eigenvalue weighted by molar-refractivity contribution is 7.54. The highest BCUT2D eigenvalue weighted by Gasteiger charge is 2.40. The Kier molecular flexibility index (Phi) is 8.09. The highest BCUT2D eigenvalue weighted by atomic mass is 35.5. The fourth-order valence-corrected chi connectivity index (χ4v) is 5.87. The zero-order valence-electron chi connectivity index (χ0n) is 20.0. The summed E-state index contributed by atoms with van der Waals surface area (Å²) in [6.45, 7) is 6.12. The third kappa shape index (κ3) is 5.85. The van der Waals surface area contributed by atoms with Crippen molar-refractivity contribution in [1.82, 2.24) is 9.78 Å². The lowest BCUT2D eigenvalue weighted by molar-refractivity contribution is 0.214. The molecule has 0 aliphatic heterocycles. The maximum absolute atomic E-state index is 14.2. The van der Waals surface area contributed by atoms with Gasteiger partial charge in [-0.15, -0.1) is 0 Å². The first-order valence-corrected chi connectivity index (χ1v) is 13.6. The van der Waals surface area contributed by atoms with Crippen molar-refractivity contribution >= 4 is 24.9 Å². The van der Waals surface area contributed by atoms with E-state index in [4.69, 9.17) is 25.7 Å². The standard InChI is InChI=1S/C27H29ClN3O3P/c1-4-33-35(32,34-5-2)27(29-23-17-11-20(3)12-18-23)25-19-31(24-9-7-6-8-10-24)30-26(25)21-13-15-22(28)16-14-21/h6-19,27,29H,4-5H2,1-3H3. The zero-order chi connectivity index (χ0) is 24.8. The summed E-state index contributed by atoms with van der Waals surface area (Å²) in [5.74, 6) is -0.798. The molecule has 4 aromatic rings. The molecule has 0 saturated heterocycles. The van der Waals surface area contributed by atoms with E-state index in [9.17, 15) is 4.57 Å². The number of anilines is 1. The normalized spacial score (nSPS) is 12.5. The third-order valence-electron chi connectivity index (χ3n) is 5.46. The summed E-state index contributed by atoms with van der Waals surface area (Å²) >= 11 is 6.16. The van der Waals surface area contributed by atoms with Crippen molar-refractivity contribution in [2.24, 2.45) is 0 Å². The Morgan fingerprint density at radius 2 is 1.57 bits per heavy atom. The Morgan fingerprint density at radius 3 is 2.17 bits per heavy atom. The van der Waals surface area contributed by atoms with E-state index in [1.165, 1.54) is 0 Å². The van der Waals surface area contributed by atoms with Gasteiger partial charge >= 0.3 is 7.60 Å². The molecule has 1 atom stereocenters. The molecular formula is C27H29ClN3O3P. The van der Waals surface area contributed by atoms with Crippen molar-refractivity contribution < 1.29 is 13.6 Å². The molecule has 1 unspecified atom stereocenters. The average Bonchev–Trinajstić information content (AvgIpc) is 3.30. The van der Waals surface area contributed by atoms with E-state index < -0.39 is 13.4 Å². The van der Waals surface area contributed by atoms with Crippen molar-refractivity contribution in [3.63, 3.8) is 0 Å². The number of benzene rings is 3. The second kappa shape index (κ2) is 11.2. The van der Waals surface area contributed by atoms with Gasteiger partial charge < -0.3 is 14.4 Å². The molecule has 0 saturated carbocycles. The van der Waals surface area contributed by atoms with Gasteiger partial charge in [0.05, 0.1) is 24.6 Å². The summed E-state index contributed by atoms with van der Waals surface area (Å²) in [5, 5.41) is 8.95. The number of aromatic nitrogens is 2. The summed E-state index contributed by atoms with van der Waals surface area (Å²) in [6, 6.07) is 25.1. The van der Waals surface area contributed by atoms with E-state index >= 15 is 0 Å². The fraction of sp³-hybridized carbons (Fsp3) is 0.222. The summed E-state index contributed by atoms with van der Waals surface area (Å²) in [4.78, 5) is 0. The number of hydrogen-bond donors (Lipinski definition) is 1. The smallest absolute Gasteiger partial charge is 0.357 e. The van der Waals surface area contributed by atoms with E-state index in [0.717, 1.165) is 22.5 Å². The number of nitrogens with zero attached hydrogens (tertiary/aromatic N) is 2. The van der Waals surface area contributed by atoms with Gasteiger partial charge in [-0.2, -0.15) is 5.10 Å². The molecule has 3 aromatic carbocycles. The summed E-state index contributed by atoms with van der Waals surface area (Å²) in [5.41, 5.74) is 5.01. The van der Waals surface area contributed by atoms with Crippen LogP contribution in [0, 0.1) is 6.92 Å². The number of halogens is 1. The molecule has 1 heterocycles. The predicted molar refractivity (Wildman–Crippen MR) is 142 cm³/mol. The van der Waals surface area contributed by atoms with Crippen LogP contribution < -0.4 is 5.32 Å². The Labute approximate surface area is 211 Å². The zero-order valence-corrected chi connectivity index (χ0v) is 21.7. The SMILES string of the molecule is CCOP(=O)(OCC)C(Nc1ccc(C)cc1)c1cn(-c2ccccc2)nc1-c1ccc(Cl)cc1. The number of rotatable bonds is 10. The quantitative estimate of drug-likeness (QED) is 0.220. The lowest BCUT2D eigenvalue weighted by Gasteiger charge is -2.28. The van der Waals surface area contributed by atoms with Crippen molar-refractivity contribution in [2.45, 2.75) is 26.6 Å². The summed E-state index contributed by atoms with van der Waals surface area (Å²) in [6.07, 6.45) is 1.88. The maximum Gasteiger partial charge on any atom is 0.357 e. The molecule has 0 aliphatic carbocycles. The van der Waals surface area contributed by atoms with Crippen molar-refractivity contribution in [3.8, 4) is 16.9 Å². The van der Waals surface area contributed by atoms with Crippen molar-refractivity contribution in [3.05, 3.63) is 101 Å². The molecule has 0 bridgehead atoms. The number of para-hydroxylation sites is 1. The molecule has 0 radical (unpaired) electrons. The molecule has 0 fully saturated rings. The molecule has 0 aliphatic rings.